The van der Waals surface area contributed by atoms with Gasteiger partial charge >= 0.3 is 0 Å². The van der Waals surface area contributed by atoms with E-state index in [2.05, 4.69) is 30.7 Å². The number of nitrogens with zero attached hydrogens (tertiary/aromatic N) is 2. The molecule has 0 amide bonds. The molecule has 0 fully saturated rings. The fourth-order valence-corrected chi connectivity index (χ4v) is 2.55. The number of hydrogen-bond donors (Lipinski definition) is 1. The lowest BCUT2D eigenvalue weighted by Crippen LogP contribution is -2.24. The van der Waals surface area contributed by atoms with E-state index in [1.54, 1.807) is 6.20 Å². The Hall–Kier alpha value is -1.12. The molecule has 3 heteroatoms. The molecule has 0 radical (unpaired) electrons. The molecule has 1 atom stereocenters. The van der Waals surface area contributed by atoms with Crippen LogP contribution in [0.2, 0.25) is 0 Å². The summed E-state index contributed by atoms with van der Waals surface area (Å²) in [5.74, 6) is 0.531. The molecule has 0 aliphatic heterocycles. The van der Waals surface area contributed by atoms with Crippen molar-refractivity contribution in [2.24, 2.45) is 0 Å². The third-order valence-electron chi connectivity index (χ3n) is 3.66. The predicted molar refractivity (Wildman–Crippen MR) is 77.5 cm³/mol. The Morgan fingerprint density at radius 2 is 1.83 bits per heavy atom. The lowest BCUT2D eigenvalue weighted by Gasteiger charge is -2.28. The number of unbranched alkanes of at least 4 members (excludes halogenated alkanes) is 3. The van der Waals surface area contributed by atoms with E-state index in [0.717, 1.165) is 12.1 Å². The number of anilines is 1. The zero-order valence-corrected chi connectivity index (χ0v) is 12.1. The third-order valence-corrected chi connectivity index (χ3v) is 3.66. The smallest absolute Gasteiger partial charge is 0.142 e. The Bertz CT molecular complexity index is 351. The predicted octanol–water partition coefficient (Wildman–Crippen LogP) is 4.09. The summed E-state index contributed by atoms with van der Waals surface area (Å²) in [6.07, 6.45) is 12.2. The van der Waals surface area contributed by atoms with Gasteiger partial charge in [-0.3, -0.25) is 4.98 Å². The first-order valence-corrected chi connectivity index (χ1v) is 7.20. The summed E-state index contributed by atoms with van der Waals surface area (Å²) in [7, 11) is 0. The minimum atomic E-state index is 0.130. The topological polar surface area (TPSA) is 51.8 Å². The van der Waals surface area contributed by atoms with E-state index in [0.29, 0.717) is 5.82 Å². The van der Waals surface area contributed by atoms with Crippen molar-refractivity contribution in [2.45, 2.75) is 71.1 Å². The van der Waals surface area contributed by atoms with Gasteiger partial charge in [0.15, 0.2) is 0 Å². The SMILES string of the molecule is CCCCCCC(C)(CCC)c1cncc(N)n1. The van der Waals surface area contributed by atoms with Crippen LogP contribution in [0.3, 0.4) is 0 Å². The Morgan fingerprint density at radius 1 is 1.06 bits per heavy atom. The number of nitrogens with two attached hydrogens (primary N) is 1. The van der Waals surface area contributed by atoms with Gasteiger partial charge in [0.05, 0.1) is 11.9 Å². The molecule has 0 saturated carbocycles. The van der Waals surface area contributed by atoms with Crippen LogP contribution in [0.5, 0.6) is 0 Å². The van der Waals surface area contributed by atoms with Crippen molar-refractivity contribution in [1.29, 1.82) is 0 Å². The van der Waals surface area contributed by atoms with Gasteiger partial charge in [-0.25, -0.2) is 4.98 Å². The first-order valence-electron chi connectivity index (χ1n) is 7.20. The fourth-order valence-electron chi connectivity index (χ4n) is 2.55. The number of hydrogen-bond acceptors (Lipinski definition) is 3. The summed E-state index contributed by atoms with van der Waals surface area (Å²) in [6, 6.07) is 0. The molecule has 0 spiro atoms. The van der Waals surface area contributed by atoms with Crippen LogP contribution in [0.4, 0.5) is 5.82 Å². The van der Waals surface area contributed by atoms with Gasteiger partial charge in [-0.05, 0) is 12.8 Å². The minimum Gasteiger partial charge on any atom is -0.382 e. The van der Waals surface area contributed by atoms with Gasteiger partial charge in [0.2, 0.25) is 0 Å². The molecule has 102 valence electrons. The number of aromatic nitrogens is 2. The van der Waals surface area contributed by atoms with E-state index in [4.69, 9.17) is 5.73 Å². The van der Waals surface area contributed by atoms with Crippen LogP contribution >= 0.6 is 0 Å². The maximum Gasteiger partial charge on any atom is 0.142 e. The van der Waals surface area contributed by atoms with Crippen molar-refractivity contribution >= 4 is 5.82 Å². The van der Waals surface area contributed by atoms with Crippen LogP contribution < -0.4 is 5.73 Å². The molecule has 1 heterocycles. The van der Waals surface area contributed by atoms with Crippen LogP contribution in [0.15, 0.2) is 12.4 Å². The van der Waals surface area contributed by atoms with E-state index in [9.17, 15) is 0 Å². The first kappa shape index (κ1) is 14.9. The molecule has 3 nitrogen and oxygen atoms in total. The summed E-state index contributed by atoms with van der Waals surface area (Å²) < 4.78 is 0. The van der Waals surface area contributed by atoms with E-state index < -0.39 is 0 Å². The zero-order chi connectivity index (χ0) is 13.4. The second-order valence-electron chi connectivity index (χ2n) is 5.45. The standard InChI is InChI=1S/C15H27N3/c1-4-6-7-8-10-15(3,9-5-2)13-11-17-12-14(16)18-13/h11-12H,4-10H2,1-3H3,(H2,16,18). The number of nitrogen functional groups attached to an aromatic ring is 1. The van der Waals surface area contributed by atoms with E-state index >= 15 is 0 Å². The molecule has 0 aliphatic carbocycles. The second-order valence-corrected chi connectivity index (χ2v) is 5.45. The molecule has 1 unspecified atom stereocenters. The van der Waals surface area contributed by atoms with Crippen LogP contribution in [0.1, 0.15) is 71.4 Å². The Balaban J connectivity index is 2.72. The van der Waals surface area contributed by atoms with E-state index in [1.165, 1.54) is 38.5 Å². The van der Waals surface area contributed by atoms with Gasteiger partial charge in [0.25, 0.3) is 0 Å². The zero-order valence-electron chi connectivity index (χ0n) is 12.1. The van der Waals surface area contributed by atoms with Gasteiger partial charge in [-0.1, -0.05) is 52.9 Å². The Morgan fingerprint density at radius 3 is 2.44 bits per heavy atom. The third kappa shape index (κ3) is 4.28. The highest BCUT2D eigenvalue weighted by Gasteiger charge is 2.27. The molecular formula is C15H27N3. The molecule has 1 aromatic rings. The van der Waals surface area contributed by atoms with Crippen LogP contribution in [-0.4, -0.2) is 9.97 Å². The van der Waals surface area contributed by atoms with Gasteiger partial charge in [0, 0.05) is 11.6 Å². The fraction of sp³-hybridized carbons (Fsp3) is 0.733. The minimum absolute atomic E-state index is 0.130. The van der Waals surface area contributed by atoms with Gasteiger partial charge in [-0.15, -0.1) is 0 Å². The molecule has 2 N–H and O–H groups in total. The second kappa shape index (κ2) is 7.34. The molecule has 0 saturated heterocycles. The average molecular weight is 249 g/mol. The van der Waals surface area contributed by atoms with Crippen molar-refractivity contribution in [3.05, 3.63) is 18.1 Å². The highest BCUT2D eigenvalue weighted by Crippen LogP contribution is 2.33. The largest absolute Gasteiger partial charge is 0.382 e. The van der Waals surface area contributed by atoms with Crippen LogP contribution in [0, 0.1) is 0 Å². The van der Waals surface area contributed by atoms with Gasteiger partial charge < -0.3 is 5.73 Å². The molecule has 1 aromatic heterocycles. The normalized spacial score (nSPS) is 14.4. The van der Waals surface area contributed by atoms with Gasteiger partial charge in [0.1, 0.15) is 5.82 Å². The molecular weight excluding hydrogens is 222 g/mol. The van der Waals surface area contributed by atoms with Crippen LogP contribution in [0.25, 0.3) is 0 Å². The van der Waals surface area contributed by atoms with Crippen LogP contribution in [-0.2, 0) is 5.41 Å². The summed E-state index contributed by atoms with van der Waals surface area (Å²) in [5, 5.41) is 0. The molecule has 0 aliphatic rings. The Labute approximate surface area is 111 Å². The van der Waals surface area contributed by atoms with Crippen molar-refractivity contribution in [2.75, 3.05) is 5.73 Å². The van der Waals surface area contributed by atoms with Gasteiger partial charge in [-0.2, -0.15) is 0 Å². The maximum absolute atomic E-state index is 5.75. The van der Waals surface area contributed by atoms with Crippen molar-refractivity contribution < 1.29 is 0 Å². The number of rotatable bonds is 8. The molecule has 0 aromatic carbocycles. The van der Waals surface area contributed by atoms with E-state index in [1.807, 2.05) is 6.20 Å². The summed E-state index contributed by atoms with van der Waals surface area (Å²) >= 11 is 0. The molecule has 0 bridgehead atoms. The summed E-state index contributed by atoms with van der Waals surface area (Å²) in [5.41, 5.74) is 6.94. The highest BCUT2D eigenvalue weighted by molar-refractivity contribution is 5.27. The van der Waals surface area contributed by atoms with Crippen molar-refractivity contribution in [1.82, 2.24) is 9.97 Å². The summed E-state index contributed by atoms with van der Waals surface area (Å²) in [6.45, 7) is 6.77. The molecule has 1 rings (SSSR count). The van der Waals surface area contributed by atoms with Crippen molar-refractivity contribution in [3.8, 4) is 0 Å². The quantitative estimate of drug-likeness (QED) is 0.706. The molecule has 18 heavy (non-hydrogen) atoms. The lowest BCUT2D eigenvalue weighted by molar-refractivity contribution is 0.367. The monoisotopic (exact) mass is 249 g/mol. The highest BCUT2D eigenvalue weighted by atomic mass is 14.9. The maximum atomic E-state index is 5.75. The average Bonchev–Trinajstić information content (AvgIpc) is 2.35. The summed E-state index contributed by atoms with van der Waals surface area (Å²) in [4.78, 5) is 8.67. The van der Waals surface area contributed by atoms with E-state index in [-0.39, 0.29) is 5.41 Å². The first-order chi connectivity index (χ1) is 8.62. The lowest BCUT2D eigenvalue weighted by atomic mass is 9.78. The van der Waals surface area contributed by atoms with Crippen molar-refractivity contribution in [3.63, 3.8) is 0 Å². The Kier molecular flexibility index (Phi) is 6.10.